The summed E-state index contributed by atoms with van der Waals surface area (Å²) >= 11 is 3.41. The lowest BCUT2D eigenvalue weighted by Crippen LogP contribution is -2.24. The van der Waals surface area contributed by atoms with Crippen molar-refractivity contribution in [1.29, 1.82) is 0 Å². The Bertz CT molecular complexity index is 573. The first-order valence-corrected chi connectivity index (χ1v) is 6.79. The van der Waals surface area contributed by atoms with Gasteiger partial charge in [-0.1, -0.05) is 15.9 Å². The van der Waals surface area contributed by atoms with Crippen LogP contribution in [-0.2, 0) is 0 Å². The fourth-order valence-corrected chi connectivity index (χ4v) is 3.04. The molecule has 2 atom stereocenters. The van der Waals surface area contributed by atoms with Crippen LogP contribution in [0.25, 0.3) is 0 Å². The zero-order valence-electron chi connectivity index (χ0n) is 9.98. The lowest BCUT2D eigenvalue weighted by molar-refractivity contribution is 0.356. The molecule has 6 heteroatoms. The monoisotopic (exact) mass is 327 g/mol. The summed E-state index contributed by atoms with van der Waals surface area (Å²) in [5, 5.41) is 6.72. The fraction of sp³-hybridized carbons (Fsp3) is 0.308. The summed E-state index contributed by atoms with van der Waals surface area (Å²) in [6, 6.07) is 6.09. The van der Waals surface area contributed by atoms with Crippen LogP contribution in [0, 0.1) is 5.82 Å². The predicted octanol–water partition coefficient (Wildman–Crippen LogP) is 3.60. The molecular formula is C13H12BrF2N3. The lowest BCUT2D eigenvalue weighted by Gasteiger charge is -2.25. The number of halogens is 3. The van der Waals surface area contributed by atoms with Crippen molar-refractivity contribution in [2.24, 2.45) is 0 Å². The molecule has 2 aromatic rings. The van der Waals surface area contributed by atoms with Crippen LogP contribution in [0.15, 0.2) is 34.9 Å². The number of alkyl halides is 1. The summed E-state index contributed by atoms with van der Waals surface area (Å²) in [7, 11) is 0. The third-order valence-electron chi connectivity index (χ3n) is 3.36. The number of H-pyrrole nitrogens is 1. The third-order valence-corrected chi connectivity index (χ3v) is 4.08. The van der Waals surface area contributed by atoms with Gasteiger partial charge in [0.2, 0.25) is 0 Å². The molecule has 2 heterocycles. The quantitative estimate of drug-likeness (QED) is 0.913. The zero-order chi connectivity index (χ0) is 13.4. The SMILES string of the molecule is Fc1ccc(Br)c([C@H]2C[C@H](F)CN2c2ccn[nH]2)c1. The lowest BCUT2D eigenvalue weighted by atomic mass is 10.0. The number of hydrogen-bond acceptors (Lipinski definition) is 2. The maximum absolute atomic E-state index is 13.7. The van der Waals surface area contributed by atoms with Gasteiger partial charge in [-0.3, -0.25) is 5.10 Å². The predicted molar refractivity (Wildman–Crippen MR) is 72.3 cm³/mol. The van der Waals surface area contributed by atoms with Crippen molar-refractivity contribution in [3.8, 4) is 0 Å². The molecule has 1 aliphatic heterocycles. The standard InChI is InChI=1S/C13H12BrF2N3/c14-11-2-1-8(15)5-10(11)12-6-9(16)7-19(12)13-3-4-17-18-13/h1-5,9,12H,6-7H2,(H,17,18)/t9-,12+/m0/s1. The van der Waals surface area contributed by atoms with Gasteiger partial charge in [0.05, 0.1) is 18.8 Å². The Morgan fingerprint density at radius 2 is 2.21 bits per heavy atom. The number of benzene rings is 1. The van der Waals surface area contributed by atoms with E-state index >= 15 is 0 Å². The van der Waals surface area contributed by atoms with Crippen molar-refractivity contribution in [3.63, 3.8) is 0 Å². The Labute approximate surface area is 117 Å². The molecular weight excluding hydrogens is 316 g/mol. The number of aromatic nitrogens is 2. The summed E-state index contributed by atoms with van der Waals surface area (Å²) in [5.41, 5.74) is 0.759. The molecule has 3 rings (SSSR count). The van der Waals surface area contributed by atoms with Gasteiger partial charge in [0.15, 0.2) is 0 Å². The van der Waals surface area contributed by atoms with Crippen molar-refractivity contribution >= 4 is 21.7 Å². The first kappa shape index (κ1) is 12.6. The normalized spacial score (nSPS) is 23.0. The molecule has 0 aliphatic carbocycles. The Balaban J connectivity index is 2.00. The van der Waals surface area contributed by atoms with Crippen LogP contribution in [0.2, 0.25) is 0 Å². The highest BCUT2D eigenvalue weighted by Gasteiger charge is 2.35. The van der Waals surface area contributed by atoms with Crippen molar-refractivity contribution in [1.82, 2.24) is 10.2 Å². The second-order valence-electron chi connectivity index (χ2n) is 4.61. The molecule has 1 aliphatic rings. The largest absolute Gasteiger partial charge is 0.347 e. The second-order valence-corrected chi connectivity index (χ2v) is 5.46. The Hall–Kier alpha value is -1.43. The molecule has 1 aromatic carbocycles. The molecule has 100 valence electrons. The topological polar surface area (TPSA) is 31.9 Å². The van der Waals surface area contributed by atoms with Crippen LogP contribution in [0.3, 0.4) is 0 Å². The van der Waals surface area contributed by atoms with E-state index < -0.39 is 6.17 Å². The summed E-state index contributed by atoms with van der Waals surface area (Å²) in [6.45, 7) is 0.288. The molecule has 0 unspecified atom stereocenters. The second kappa shape index (κ2) is 4.92. The van der Waals surface area contributed by atoms with Crippen LogP contribution < -0.4 is 4.90 Å². The minimum Gasteiger partial charge on any atom is -0.347 e. The first-order valence-electron chi connectivity index (χ1n) is 6.00. The van der Waals surface area contributed by atoms with E-state index in [0.717, 1.165) is 15.9 Å². The van der Waals surface area contributed by atoms with Crippen LogP contribution in [0.4, 0.5) is 14.6 Å². The van der Waals surface area contributed by atoms with Gasteiger partial charge in [-0.25, -0.2) is 8.78 Å². The summed E-state index contributed by atoms with van der Waals surface area (Å²) < 4.78 is 28.0. The van der Waals surface area contributed by atoms with E-state index in [1.54, 1.807) is 18.3 Å². The minimum atomic E-state index is -0.927. The molecule has 1 N–H and O–H groups in total. The van der Waals surface area contributed by atoms with E-state index in [1.807, 2.05) is 4.90 Å². The van der Waals surface area contributed by atoms with Gasteiger partial charge in [0.25, 0.3) is 0 Å². The molecule has 1 saturated heterocycles. The van der Waals surface area contributed by atoms with Crippen LogP contribution in [0.5, 0.6) is 0 Å². The summed E-state index contributed by atoms with van der Waals surface area (Å²) in [5.74, 6) is 0.436. The van der Waals surface area contributed by atoms with Gasteiger partial charge >= 0.3 is 0 Å². The number of hydrogen-bond donors (Lipinski definition) is 1. The molecule has 0 amide bonds. The van der Waals surface area contributed by atoms with E-state index in [1.165, 1.54) is 12.1 Å². The third kappa shape index (κ3) is 2.36. The van der Waals surface area contributed by atoms with Crippen LogP contribution in [-0.4, -0.2) is 22.9 Å². The number of aromatic amines is 1. The van der Waals surface area contributed by atoms with Gasteiger partial charge in [-0.15, -0.1) is 0 Å². The molecule has 0 saturated carbocycles. The van der Waals surface area contributed by atoms with Gasteiger partial charge in [0.1, 0.15) is 17.8 Å². The first-order chi connectivity index (χ1) is 9.15. The van der Waals surface area contributed by atoms with E-state index in [-0.39, 0.29) is 18.4 Å². The maximum Gasteiger partial charge on any atom is 0.124 e. The van der Waals surface area contributed by atoms with Gasteiger partial charge in [-0.05, 0) is 23.8 Å². The minimum absolute atomic E-state index is 0.194. The maximum atomic E-state index is 13.7. The van der Waals surface area contributed by atoms with Crippen molar-refractivity contribution in [2.75, 3.05) is 11.4 Å². The van der Waals surface area contributed by atoms with Crippen LogP contribution >= 0.6 is 15.9 Å². The van der Waals surface area contributed by atoms with Gasteiger partial charge in [-0.2, -0.15) is 5.10 Å². The summed E-state index contributed by atoms with van der Waals surface area (Å²) in [4.78, 5) is 1.89. The molecule has 0 bridgehead atoms. The molecule has 1 aromatic heterocycles. The van der Waals surface area contributed by atoms with E-state index in [9.17, 15) is 8.78 Å². The average Bonchev–Trinajstić information content (AvgIpc) is 3.00. The Morgan fingerprint density at radius 1 is 1.37 bits per heavy atom. The van der Waals surface area contributed by atoms with Crippen molar-refractivity contribution < 1.29 is 8.78 Å². The van der Waals surface area contributed by atoms with Gasteiger partial charge in [0, 0.05) is 17.0 Å². The Morgan fingerprint density at radius 3 is 2.95 bits per heavy atom. The average molecular weight is 328 g/mol. The van der Waals surface area contributed by atoms with Crippen LogP contribution in [0.1, 0.15) is 18.0 Å². The fourth-order valence-electron chi connectivity index (χ4n) is 2.52. The summed E-state index contributed by atoms with van der Waals surface area (Å²) in [6.07, 6.45) is 1.04. The smallest absolute Gasteiger partial charge is 0.124 e. The van der Waals surface area contributed by atoms with E-state index in [0.29, 0.717) is 6.42 Å². The van der Waals surface area contributed by atoms with Crippen molar-refractivity contribution in [3.05, 3.63) is 46.3 Å². The number of rotatable bonds is 2. The van der Waals surface area contributed by atoms with Crippen molar-refractivity contribution in [2.45, 2.75) is 18.6 Å². The number of nitrogens with zero attached hydrogens (tertiary/aromatic N) is 2. The highest BCUT2D eigenvalue weighted by molar-refractivity contribution is 9.10. The van der Waals surface area contributed by atoms with E-state index in [4.69, 9.17) is 0 Å². The molecule has 19 heavy (non-hydrogen) atoms. The molecule has 3 nitrogen and oxygen atoms in total. The molecule has 0 radical (unpaired) electrons. The van der Waals surface area contributed by atoms with E-state index in [2.05, 4.69) is 26.1 Å². The zero-order valence-corrected chi connectivity index (χ0v) is 11.6. The highest BCUT2D eigenvalue weighted by Crippen LogP contribution is 2.39. The number of anilines is 1. The number of nitrogens with one attached hydrogen (secondary N) is 1. The highest BCUT2D eigenvalue weighted by atomic mass is 79.9. The molecule has 1 fully saturated rings. The Kier molecular flexibility index (Phi) is 3.26. The van der Waals surface area contributed by atoms with Gasteiger partial charge < -0.3 is 4.90 Å². The molecule has 0 spiro atoms.